The summed E-state index contributed by atoms with van der Waals surface area (Å²) in [5.74, 6) is -0.504. The van der Waals surface area contributed by atoms with Crippen LogP contribution in [0.5, 0.6) is 0 Å². The molecule has 0 aliphatic carbocycles. The van der Waals surface area contributed by atoms with Gasteiger partial charge in [-0.1, -0.05) is 256 Å². The molecule has 6 heteroatoms. The fourth-order valence-corrected chi connectivity index (χ4v) is 8.15. The Bertz CT molecular complexity index is 1070. The van der Waals surface area contributed by atoms with Crippen LogP contribution in [0.3, 0.4) is 0 Å². The first-order valence-electron chi connectivity index (χ1n) is 26.9. The van der Waals surface area contributed by atoms with Gasteiger partial charge in [0, 0.05) is 6.42 Å². The van der Waals surface area contributed by atoms with Gasteiger partial charge in [-0.15, -0.1) is 0 Å². The molecule has 0 aromatic rings. The van der Waals surface area contributed by atoms with Crippen molar-refractivity contribution in [3.8, 4) is 0 Å². The third kappa shape index (κ3) is 44.4. The molecule has 3 N–H and O–H groups in total. The molecule has 0 spiro atoms. The molecule has 0 saturated carbocycles. The van der Waals surface area contributed by atoms with Crippen LogP contribution in [0.15, 0.2) is 48.6 Å². The maximum atomic E-state index is 13.2. The average Bonchev–Trinajstić information content (AvgIpc) is 3.26. The van der Waals surface area contributed by atoms with E-state index in [0.29, 0.717) is 19.3 Å². The van der Waals surface area contributed by atoms with Gasteiger partial charge in [0.2, 0.25) is 5.91 Å². The van der Waals surface area contributed by atoms with Crippen molar-refractivity contribution in [1.82, 2.24) is 5.32 Å². The number of hydrogen-bond acceptors (Lipinski definition) is 5. The van der Waals surface area contributed by atoms with Gasteiger partial charge in [-0.3, -0.25) is 9.59 Å². The zero-order valence-electron chi connectivity index (χ0n) is 41.3. The van der Waals surface area contributed by atoms with E-state index in [1.807, 2.05) is 0 Å². The van der Waals surface area contributed by atoms with Crippen LogP contribution >= 0.6 is 0 Å². The zero-order chi connectivity index (χ0) is 45.2. The van der Waals surface area contributed by atoms with Gasteiger partial charge in [0.25, 0.3) is 0 Å². The second-order valence-corrected chi connectivity index (χ2v) is 18.4. The Hall–Kier alpha value is -2.18. The lowest BCUT2D eigenvalue weighted by Gasteiger charge is -2.24. The number of carbonyl (C=O) groups excluding carboxylic acids is 2. The predicted molar refractivity (Wildman–Crippen MR) is 269 cm³/mol. The second-order valence-electron chi connectivity index (χ2n) is 18.4. The van der Waals surface area contributed by atoms with Gasteiger partial charge in [-0.25, -0.2) is 0 Å². The first kappa shape index (κ1) is 59.8. The molecule has 0 radical (unpaired) electrons. The van der Waals surface area contributed by atoms with Crippen molar-refractivity contribution in [2.75, 3.05) is 6.61 Å². The van der Waals surface area contributed by atoms with Crippen LogP contribution in [0.4, 0.5) is 0 Å². The fourth-order valence-electron chi connectivity index (χ4n) is 8.15. The lowest BCUT2D eigenvalue weighted by molar-refractivity contribution is -0.151. The average molecular weight is 870 g/mol. The number of amides is 1. The summed E-state index contributed by atoms with van der Waals surface area (Å²) in [6, 6.07) is -0.713. The molecule has 1 amide bonds. The number of esters is 1. The minimum Gasteiger partial charge on any atom is -0.462 e. The van der Waals surface area contributed by atoms with E-state index in [-0.39, 0.29) is 24.9 Å². The van der Waals surface area contributed by atoms with Crippen molar-refractivity contribution in [2.45, 2.75) is 289 Å². The molecular weight excluding hydrogens is 767 g/mol. The van der Waals surface area contributed by atoms with Crippen LogP contribution in [-0.4, -0.2) is 46.9 Å². The van der Waals surface area contributed by atoms with Crippen LogP contribution in [0.25, 0.3) is 0 Å². The van der Waals surface area contributed by atoms with E-state index in [1.165, 1.54) is 154 Å². The van der Waals surface area contributed by atoms with Gasteiger partial charge < -0.3 is 20.3 Å². The van der Waals surface area contributed by atoms with E-state index in [1.54, 1.807) is 0 Å². The van der Waals surface area contributed by atoms with E-state index in [4.69, 9.17) is 4.74 Å². The van der Waals surface area contributed by atoms with E-state index in [9.17, 15) is 19.8 Å². The van der Waals surface area contributed by atoms with Crippen molar-refractivity contribution in [1.29, 1.82) is 0 Å². The first-order chi connectivity index (χ1) is 30.5. The van der Waals surface area contributed by atoms with Gasteiger partial charge in [0.05, 0.1) is 25.2 Å². The number of carbonyl (C=O) groups is 2. The number of rotatable bonds is 48. The normalized spacial score (nSPS) is 13.6. The summed E-state index contributed by atoms with van der Waals surface area (Å²) in [6.45, 7) is 6.45. The van der Waals surface area contributed by atoms with Crippen LogP contribution in [0, 0.1) is 0 Å². The van der Waals surface area contributed by atoms with Gasteiger partial charge in [-0.05, 0) is 51.4 Å². The maximum absolute atomic E-state index is 13.2. The summed E-state index contributed by atoms with van der Waals surface area (Å²) in [7, 11) is 0. The van der Waals surface area contributed by atoms with Gasteiger partial charge in [0.1, 0.15) is 6.10 Å². The van der Waals surface area contributed by atoms with Gasteiger partial charge in [-0.2, -0.15) is 0 Å². The van der Waals surface area contributed by atoms with Gasteiger partial charge in [0.15, 0.2) is 0 Å². The Balaban J connectivity index is 4.63. The Morgan fingerprint density at radius 1 is 0.468 bits per heavy atom. The van der Waals surface area contributed by atoms with Crippen LogP contribution < -0.4 is 5.32 Å². The number of allylic oxidation sites excluding steroid dienone is 8. The molecule has 0 bridgehead atoms. The first-order valence-corrected chi connectivity index (χ1v) is 26.9. The van der Waals surface area contributed by atoms with Gasteiger partial charge >= 0.3 is 5.97 Å². The summed E-state index contributed by atoms with van der Waals surface area (Å²) < 4.78 is 5.92. The monoisotopic (exact) mass is 870 g/mol. The van der Waals surface area contributed by atoms with E-state index < -0.39 is 18.2 Å². The molecule has 0 rings (SSSR count). The van der Waals surface area contributed by atoms with Crippen molar-refractivity contribution >= 4 is 11.9 Å². The van der Waals surface area contributed by atoms with E-state index >= 15 is 0 Å². The predicted octanol–water partition coefficient (Wildman–Crippen LogP) is 16.2. The SMILES string of the molecule is CCCCC/C=C/C=C/C=C/C=C/CCCCCC(CC(=O)NC(CO)C(O)CCCCCCCCCCCCCCCCC)OC(=O)CCCCCCCCCCCCCC. The molecular formula is C56H103NO5. The standard InChI is InChI=1S/C56H103NO5/c1-4-7-10-13-16-19-22-25-27-29-30-32-35-38-41-44-47-52(62-56(61)49-46-43-40-37-34-24-21-18-15-12-9-6-3)50-55(60)57-53(51-58)54(59)48-45-42-39-36-33-31-28-26-23-20-17-14-11-8-5-2/h16,19,22,25,27,29-30,32,52-54,58-59H,4-15,17-18,20-21,23-24,26,28,31,33-51H2,1-3H3,(H,57,60)/b19-16+,25-22+,29-27+,32-30+. The Kier molecular flexibility index (Phi) is 48.1. The Labute approximate surface area is 385 Å². The van der Waals surface area contributed by atoms with Crippen LogP contribution in [0.1, 0.15) is 271 Å². The van der Waals surface area contributed by atoms with E-state index in [2.05, 4.69) is 74.7 Å². The molecule has 0 fully saturated rings. The van der Waals surface area contributed by atoms with Crippen molar-refractivity contribution < 1.29 is 24.5 Å². The Morgan fingerprint density at radius 3 is 1.27 bits per heavy atom. The topological polar surface area (TPSA) is 95.9 Å². The summed E-state index contributed by atoms with van der Waals surface area (Å²) in [5.41, 5.74) is 0. The van der Waals surface area contributed by atoms with Crippen LogP contribution in [0.2, 0.25) is 0 Å². The third-order valence-corrected chi connectivity index (χ3v) is 12.3. The molecule has 0 aromatic heterocycles. The van der Waals surface area contributed by atoms with Crippen molar-refractivity contribution in [3.05, 3.63) is 48.6 Å². The maximum Gasteiger partial charge on any atom is 0.306 e. The molecule has 0 heterocycles. The van der Waals surface area contributed by atoms with Crippen molar-refractivity contribution in [2.24, 2.45) is 0 Å². The van der Waals surface area contributed by atoms with E-state index in [0.717, 1.165) is 70.6 Å². The molecule has 0 aliphatic rings. The molecule has 0 saturated heterocycles. The zero-order valence-corrected chi connectivity index (χ0v) is 41.3. The highest BCUT2D eigenvalue weighted by Crippen LogP contribution is 2.18. The highest BCUT2D eigenvalue weighted by molar-refractivity contribution is 5.77. The number of aliphatic hydroxyl groups excluding tert-OH is 2. The number of hydrogen-bond donors (Lipinski definition) is 3. The van der Waals surface area contributed by atoms with Crippen molar-refractivity contribution in [3.63, 3.8) is 0 Å². The molecule has 0 aliphatic heterocycles. The smallest absolute Gasteiger partial charge is 0.306 e. The number of nitrogens with one attached hydrogen (secondary N) is 1. The number of unbranched alkanes of at least 4 members (excludes halogenated alkanes) is 31. The molecule has 0 aromatic carbocycles. The Morgan fingerprint density at radius 2 is 0.823 bits per heavy atom. The lowest BCUT2D eigenvalue weighted by Crippen LogP contribution is -2.46. The largest absolute Gasteiger partial charge is 0.462 e. The highest BCUT2D eigenvalue weighted by atomic mass is 16.5. The molecule has 3 atom stereocenters. The molecule has 362 valence electrons. The fraction of sp³-hybridized carbons (Fsp3) is 0.821. The van der Waals surface area contributed by atoms with Crippen LogP contribution in [-0.2, 0) is 14.3 Å². The molecule has 6 nitrogen and oxygen atoms in total. The quantitative estimate of drug-likeness (QED) is 0.0322. The summed E-state index contributed by atoms with van der Waals surface area (Å²) in [5, 5.41) is 23.8. The third-order valence-electron chi connectivity index (χ3n) is 12.3. The molecule has 3 unspecified atom stereocenters. The summed E-state index contributed by atoms with van der Waals surface area (Å²) >= 11 is 0. The minimum atomic E-state index is -0.797. The minimum absolute atomic E-state index is 0.0541. The summed E-state index contributed by atoms with van der Waals surface area (Å²) in [6.07, 6.45) is 60.2. The molecule has 62 heavy (non-hydrogen) atoms. The second kappa shape index (κ2) is 49.8. The number of aliphatic hydroxyl groups is 2. The highest BCUT2D eigenvalue weighted by Gasteiger charge is 2.24. The number of ether oxygens (including phenoxy) is 1. The summed E-state index contributed by atoms with van der Waals surface area (Å²) in [4.78, 5) is 26.2. The lowest BCUT2D eigenvalue weighted by atomic mass is 10.0.